The molecule has 0 bridgehead atoms. The Bertz CT molecular complexity index is 1440. The Morgan fingerprint density at radius 1 is 0.905 bits per heavy atom. The largest absolute Gasteiger partial charge is 0.497 e. The summed E-state index contributed by atoms with van der Waals surface area (Å²) in [6.07, 6.45) is 1.29. The average Bonchev–Trinajstić information content (AvgIpc) is 2.93. The van der Waals surface area contributed by atoms with E-state index in [0.29, 0.717) is 23.8 Å². The van der Waals surface area contributed by atoms with Crippen LogP contribution in [0, 0.1) is 0 Å². The lowest BCUT2D eigenvalue weighted by Crippen LogP contribution is -2.56. The summed E-state index contributed by atoms with van der Waals surface area (Å²) in [4.78, 5) is 29.4. The van der Waals surface area contributed by atoms with Crippen molar-refractivity contribution < 1.29 is 27.5 Å². The zero-order valence-electron chi connectivity index (χ0n) is 25.2. The zero-order chi connectivity index (χ0) is 30.9. The Kier molecular flexibility index (Phi) is 11.0. The molecule has 0 fully saturated rings. The molecular formula is C32H41N3O6S. The third kappa shape index (κ3) is 9.51. The zero-order valence-corrected chi connectivity index (χ0v) is 26.0. The maximum absolute atomic E-state index is 14.2. The van der Waals surface area contributed by atoms with Crippen LogP contribution >= 0.6 is 0 Å². The molecule has 0 aromatic heterocycles. The van der Waals surface area contributed by atoms with Gasteiger partial charge in [0, 0.05) is 18.5 Å². The van der Waals surface area contributed by atoms with Crippen molar-refractivity contribution in [1.82, 2.24) is 10.2 Å². The number of amides is 2. The van der Waals surface area contributed by atoms with Gasteiger partial charge in [0.25, 0.3) is 0 Å². The molecule has 0 unspecified atom stereocenters. The number of nitrogens with zero attached hydrogens (tertiary/aromatic N) is 2. The number of carbonyl (C=O) groups excluding carboxylic acids is 2. The number of benzene rings is 3. The molecule has 42 heavy (non-hydrogen) atoms. The predicted molar refractivity (Wildman–Crippen MR) is 165 cm³/mol. The van der Waals surface area contributed by atoms with Crippen molar-refractivity contribution in [3.63, 3.8) is 0 Å². The van der Waals surface area contributed by atoms with E-state index in [9.17, 15) is 18.0 Å². The van der Waals surface area contributed by atoms with Gasteiger partial charge in [-0.1, -0.05) is 42.5 Å². The van der Waals surface area contributed by atoms with E-state index in [1.165, 1.54) is 4.90 Å². The Labute approximate surface area is 249 Å². The summed E-state index contributed by atoms with van der Waals surface area (Å²) in [5.74, 6) is 0.324. The second-order valence-electron chi connectivity index (χ2n) is 11.0. The van der Waals surface area contributed by atoms with Gasteiger partial charge >= 0.3 is 0 Å². The lowest BCUT2D eigenvalue weighted by atomic mass is 10.0. The number of methoxy groups -OCH3 is 1. The third-order valence-electron chi connectivity index (χ3n) is 6.37. The first kappa shape index (κ1) is 32.5. The van der Waals surface area contributed by atoms with Crippen LogP contribution in [0.5, 0.6) is 11.5 Å². The second-order valence-corrected chi connectivity index (χ2v) is 12.9. The van der Waals surface area contributed by atoms with Crippen LogP contribution in [0.2, 0.25) is 0 Å². The highest BCUT2D eigenvalue weighted by atomic mass is 32.2. The number of nitrogens with one attached hydrogen (secondary N) is 1. The quantitative estimate of drug-likeness (QED) is 0.314. The molecule has 0 aliphatic rings. The van der Waals surface area contributed by atoms with Crippen LogP contribution in [0.3, 0.4) is 0 Å². The van der Waals surface area contributed by atoms with E-state index in [2.05, 4.69) is 5.32 Å². The maximum atomic E-state index is 14.2. The molecule has 0 aliphatic heterocycles. The molecule has 0 saturated carbocycles. The van der Waals surface area contributed by atoms with E-state index in [-0.39, 0.29) is 18.9 Å². The summed E-state index contributed by atoms with van der Waals surface area (Å²) in [5.41, 5.74) is 1.35. The summed E-state index contributed by atoms with van der Waals surface area (Å²) in [6, 6.07) is 22.2. The van der Waals surface area contributed by atoms with Crippen molar-refractivity contribution in [3.05, 3.63) is 90.0 Å². The molecule has 9 nitrogen and oxygen atoms in total. The molecular weight excluding hydrogens is 554 g/mol. The van der Waals surface area contributed by atoms with Gasteiger partial charge in [0.15, 0.2) is 0 Å². The lowest BCUT2D eigenvalue weighted by molar-refractivity contribution is -0.140. The van der Waals surface area contributed by atoms with Crippen molar-refractivity contribution in [1.29, 1.82) is 0 Å². The number of rotatable bonds is 13. The van der Waals surface area contributed by atoms with Gasteiger partial charge in [0.1, 0.15) is 24.1 Å². The molecule has 10 heteroatoms. The number of sulfonamides is 1. The Balaban J connectivity index is 2.06. The van der Waals surface area contributed by atoms with Gasteiger partial charge in [-0.3, -0.25) is 13.9 Å². The SMILES string of the molecule is CCOc1ccc(N(CC(=O)N(Cc2cccc(OC)c2)[C@@H](Cc2ccccc2)C(=O)NC(C)(C)C)S(C)(=O)=O)cc1. The first-order valence-corrected chi connectivity index (χ1v) is 15.6. The molecule has 2 amide bonds. The maximum Gasteiger partial charge on any atom is 0.244 e. The topological polar surface area (TPSA) is 105 Å². The van der Waals surface area contributed by atoms with Crippen molar-refractivity contribution in [2.75, 3.05) is 30.8 Å². The number of carbonyl (C=O) groups is 2. The molecule has 0 saturated heterocycles. The number of anilines is 1. The van der Waals surface area contributed by atoms with Gasteiger partial charge < -0.3 is 19.7 Å². The number of hydrogen-bond acceptors (Lipinski definition) is 6. The standard InChI is InChI=1S/C32H41N3O6S/c1-7-41-27-18-16-26(17-19-27)35(42(6,38)39)23-30(36)34(22-25-14-11-15-28(20-25)40-5)29(31(37)33-32(2,3)4)21-24-12-9-8-10-13-24/h8-20,29H,7,21-23H2,1-6H3,(H,33,37)/t29-/m0/s1. The first-order valence-electron chi connectivity index (χ1n) is 13.8. The lowest BCUT2D eigenvalue weighted by Gasteiger charge is -2.35. The molecule has 3 rings (SSSR count). The first-order chi connectivity index (χ1) is 19.8. The van der Waals surface area contributed by atoms with E-state index >= 15 is 0 Å². The van der Waals surface area contributed by atoms with Crippen LogP contribution in [-0.4, -0.2) is 63.2 Å². The Morgan fingerprint density at radius 3 is 2.12 bits per heavy atom. The van der Waals surface area contributed by atoms with Gasteiger partial charge in [0.2, 0.25) is 21.8 Å². The van der Waals surface area contributed by atoms with Crippen LogP contribution in [0.4, 0.5) is 5.69 Å². The van der Waals surface area contributed by atoms with Gasteiger partial charge in [-0.2, -0.15) is 0 Å². The summed E-state index contributed by atoms with van der Waals surface area (Å²) < 4.78 is 37.8. The van der Waals surface area contributed by atoms with Crippen LogP contribution in [0.25, 0.3) is 0 Å². The molecule has 1 atom stereocenters. The minimum absolute atomic E-state index is 0.0615. The van der Waals surface area contributed by atoms with E-state index in [1.54, 1.807) is 49.6 Å². The van der Waals surface area contributed by atoms with E-state index in [0.717, 1.165) is 21.7 Å². The van der Waals surface area contributed by atoms with Crippen LogP contribution in [0.15, 0.2) is 78.9 Å². The van der Waals surface area contributed by atoms with Gasteiger partial charge in [-0.05, 0) is 75.2 Å². The number of hydrogen-bond donors (Lipinski definition) is 1. The van der Waals surface area contributed by atoms with E-state index in [1.807, 2.05) is 64.1 Å². The van der Waals surface area contributed by atoms with E-state index in [4.69, 9.17) is 9.47 Å². The summed E-state index contributed by atoms with van der Waals surface area (Å²) in [6.45, 7) is 7.50. The fourth-order valence-electron chi connectivity index (χ4n) is 4.46. The van der Waals surface area contributed by atoms with Crippen molar-refractivity contribution >= 4 is 27.5 Å². The monoisotopic (exact) mass is 595 g/mol. The molecule has 0 radical (unpaired) electrons. The molecule has 3 aromatic rings. The highest BCUT2D eigenvalue weighted by Gasteiger charge is 2.34. The molecule has 0 spiro atoms. The molecule has 3 aromatic carbocycles. The Morgan fingerprint density at radius 2 is 1.55 bits per heavy atom. The highest BCUT2D eigenvalue weighted by Crippen LogP contribution is 2.24. The van der Waals surface area contributed by atoms with Crippen molar-refractivity contribution in [2.24, 2.45) is 0 Å². The van der Waals surface area contributed by atoms with Crippen LogP contribution in [-0.2, 0) is 32.6 Å². The van der Waals surface area contributed by atoms with Crippen molar-refractivity contribution in [2.45, 2.75) is 52.2 Å². The van der Waals surface area contributed by atoms with Crippen LogP contribution in [0.1, 0.15) is 38.8 Å². The van der Waals surface area contributed by atoms with Gasteiger partial charge in [-0.25, -0.2) is 8.42 Å². The summed E-state index contributed by atoms with van der Waals surface area (Å²) >= 11 is 0. The third-order valence-corrected chi connectivity index (χ3v) is 7.51. The van der Waals surface area contributed by atoms with E-state index < -0.39 is 34.1 Å². The summed E-state index contributed by atoms with van der Waals surface area (Å²) in [7, 11) is -2.31. The molecule has 226 valence electrons. The predicted octanol–water partition coefficient (Wildman–Crippen LogP) is 4.41. The average molecular weight is 596 g/mol. The fraction of sp³-hybridized carbons (Fsp3) is 0.375. The van der Waals surface area contributed by atoms with Crippen LogP contribution < -0.4 is 19.1 Å². The molecule has 1 N–H and O–H groups in total. The second kappa shape index (κ2) is 14.2. The highest BCUT2D eigenvalue weighted by molar-refractivity contribution is 7.92. The fourth-order valence-corrected chi connectivity index (χ4v) is 5.31. The summed E-state index contributed by atoms with van der Waals surface area (Å²) in [5, 5.41) is 3.01. The Hall–Kier alpha value is -4.05. The molecule has 0 aliphatic carbocycles. The number of ether oxygens (including phenoxy) is 2. The molecule has 0 heterocycles. The minimum Gasteiger partial charge on any atom is -0.497 e. The van der Waals surface area contributed by atoms with Gasteiger partial charge in [-0.15, -0.1) is 0 Å². The van der Waals surface area contributed by atoms with Crippen molar-refractivity contribution in [3.8, 4) is 11.5 Å². The smallest absolute Gasteiger partial charge is 0.244 e. The minimum atomic E-state index is -3.86. The normalized spacial score (nSPS) is 12.2. The van der Waals surface area contributed by atoms with Gasteiger partial charge in [0.05, 0.1) is 25.7 Å².